The summed E-state index contributed by atoms with van der Waals surface area (Å²) >= 11 is 4.48. The molecule has 9 heteroatoms. The minimum Gasteiger partial charge on any atom is -0.411 e. The number of thioether (sulfide) groups is 1. The number of imide groups is 1. The van der Waals surface area contributed by atoms with Gasteiger partial charge in [0.15, 0.2) is 0 Å². The van der Waals surface area contributed by atoms with Crippen LogP contribution >= 0.6 is 27.7 Å². The van der Waals surface area contributed by atoms with E-state index in [0.717, 1.165) is 28.2 Å². The van der Waals surface area contributed by atoms with Crippen molar-refractivity contribution < 1.29 is 14.0 Å². The molecule has 1 aromatic heterocycles. The van der Waals surface area contributed by atoms with E-state index in [1.165, 1.54) is 0 Å². The predicted molar refractivity (Wildman–Crippen MR) is 90.0 cm³/mol. The first kappa shape index (κ1) is 17.5. The van der Waals surface area contributed by atoms with Gasteiger partial charge in [0.25, 0.3) is 5.22 Å². The van der Waals surface area contributed by atoms with E-state index in [-0.39, 0.29) is 11.0 Å². The molecule has 0 aliphatic heterocycles. The van der Waals surface area contributed by atoms with Gasteiger partial charge in [-0.2, -0.15) is 0 Å². The highest BCUT2D eigenvalue weighted by atomic mass is 79.9. The third kappa shape index (κ3) is 5.36. The maximum Gasteiger partial charge on any atom is 0.321 e. The van der Waals surface area contributed by atoms with Gasteiger partial charge in [-0.1, -0.05) is 30.8 Å². The molecule has 0 saturated heterocycles. The van der Waals surface area contributed by atoms with E-state index >= 15 is 0 Å². The Bertz CT molecular complexity index is 692. The fraction of sp³-hybridized carbons (Fsp3) is 0.286. The number of amides is 3. The molecular weight excluding hydrogens is 384 g/mol. The Balaban J connectivity index is 1.87. The summed E-state index contributed by atoms with van der Waals surface area (Å²) in [4.78, 5) is 23.0. The Labute approximate surface area is 145 Å². The van der Waals surface area contributed by atoms with Crippen molar-refractivity contribution in [2.45, 2.75) is 18.6 Å². The van der Waals surface area contributed by atoms with Crippen LogP contribution in [0.3, 0.4) is 0 Å². The van der Waals surface area contributed by atoms with E-state index in [1.54, 1.807) is 0 Å². The number of carbonyl (C=O) groups excluding carboxylic acids is 2. The Kier molecular flexibility index (Phi) is 6.60. The van der Waals surface area contributed by atoms with E-state index in [9.17, 15) is 9.59 Å². The standard InChI is InChI=1S/C14H15BrN4O3S/c1-2-7-16-13(21)17-11(20)8-23-14-19-18-12(22-14)9-5-3-4-6-10(9)15/h3-6H,2,7-8H2,1H3,(H2,16,17,20,21). The SMILES string of the molecule is CCCNC(=O)NC(=O)CSc1nnc(-c2ccccc2Br)o1. The lowest BCUT2D eigenvalue weighted by Gasteiger charge is -2.04. The van der Waals surface area contributed by atoms with Gasteiger partial charge in [-0.05, 0) is 34.5 Å². The summed E-state index contributed by atoms with van der Waals surface area (Å²) in [7, 11) is 0. The highest BCUT2D eigenvalue weighted by Gasteiger charge is 2.14. The Morgan fingerprint density at radius 2 is 2.09 bits per heavy atom. The number of nitrogens with zero attached hydrogens (tertiary/aromatic N) is 2. The van der Waals surface area contributed by atoms with E-state index in [0.29, 0.717) is 12.4 Å². The number of hydrogen-bond acceptors (Lipinski definition) is 6. The molecule has 0 spiro atoms. The smallest absolute Gasteiger partial charge is 0.321 e. The van der Waals surface area contributed by atoms with E-state index in [1.807, 2.05) is 31.2 Å². The molecule has 0 atom stereocenters. The van der Waals surface area contributed by atoms with Gasteiger partial charge in [-0.15, -0.1) is 10.2 Å². The zero-order chi connectivity index (χ0) is 16.7. The molecule has 0 aliphatic carbocycles. The molecule has 7 nitrogen and oxygen atoms in total. The first-order valence-electron chi connectivity index (χ1n) is 6.89. The molecule has 0 bridgehead atoms. The minimum atomic E-state index is -0.503. The van der Waals surface area contributed by atoms with Crippen molar-refractivity contribution in [3.8, 4) is 11.5 Å². The molecular formula is C14H15BrN4O3S. The second kappa shape index (κ2) is 8.68. The molecule has 3 amide bonds. The number of halogens is 1. The summed E-state index contributed by atoms with van der Waals surface area (Å²) in [6.07, 6.45) is 0.802. The minimum absolute atomic E-state index is 0.0110. The van der Waals surface area contributed by atoms with Crippen molar-refractivity contribution in [3.05, 3.63) is 28.7 Å². The summed E-state index contributed by atoms with van der Waals surface area (Å²) in [6.45, 7) is 2.45. The van der Waals surface area contributed by atoms with E-state index < -0.39 is 11.9 Å². The van der Waals surface area contributed by atoms with E-state index in [2.05, 4.69) is 36.8 Å². The highest BCUT2D eigenvalue weighted by molar-refractivity contribution is 9.10. The number of urea groups is 1. The van der Waals surface area contributed by atoms with Gasteiger partial charge in [0, 0.05) is 11.0 Å². The molecule has 0 fully saturated rings. The molecule has 0 unspecified atom stereocenters. The van der Waals surface area contributed by atoms with E-state index in [4.69, 9.17) is 4.42 Å². The Morgan fingerprint density at radius 3 is 2.83 bits per heavy atom. The maximum absolute atomic E-state index is 11.6. The van der Waals surface area contributed by atoms with Crippen LogP contribution in [0.4, 0.5) is 4.79 Å². The molecule has 23 heavy (non-hydrogen) atoms. The monoisotopic (exact) mass is 398 g/mol. The van der Waals surface area contributed by atoms with Gasteiger partial charge in [-0.25, -0.2) is 4.79 Å². The van der Waals surface area contributed by atoms with Crippen LogP contribution in [0.15, 0.2) is 38.4 Å². The van der Waals surface area contributed by atoms with Crippen molar-refractivity contribution in [3.63, 3.8) is 0 Å². The molecule has 0 radical (unpaired) electrons. The number of aromatic nitrogens is 2. The van der Waals surface area contributed by atoms with Crippen LogP contribution in [-0.2, 0) is 4.79 Å². The largest absolute Gasteiger partial charge is 0.411 e. The van der Waals surface area contributed by atoms with Gasteiger partial charge in [0.2, 0.25) is 11.8 Å². The molecule has 2 aromatic rings. The van der Waals surface area contributed by atoms with Gasteiger partial charge in [0.05, 0.1) is 11.3 Å². The van der Waals surface area contributed by atoms with Gasteiger partial charge in [0.1, 0.15) is 0 Å². The molecule has 1 heterocycles. The molecule has 122 valence electrons. The lowest BCUT2D eigenvalue weighted by molar-refractivity contribution is -0.117. The fourth-order valence-electron chi connectivity index (χ4n) is 1.58. The second-order valence-corrected chi connectivity index (χ2v) is 6.23. The fourth-order valence-corrected chi connectivity index (χ4v) is 2.60. The predicted octanol–water partition coefficient (Wildman–Crippen LogP) is 2.83. The van der Waals surface area contributed by atoms with Crippen molar-refractivity contribution in [2.75, 3.05) is 12.3 Å². The first-order valence-corrected chi connectivity index (χ1v) is 8.67. The zero-order valence-corrected chi connectivity index (χ0v) is 14.7. The number of rotatable bonds is 6. The van der Waals surface area contributed by atoms with Crippen molar-refractivity contribution in [1.82, 2.24) is 20.8 Å². The summed E-state index contributed by atoms with van der Waals surface area (Å²) < 4.78 is 6.34. The first-order chi connectivity index (χ1) is 11.1. The van der Waals surface area contributed by atoms with Crippen molar-refractivity contribution in [2.24, 2.45) is 0 Å². The molecule has 2 rings (SSSR count). The molecule has 1 aromatic carbocycles. The molecule has 2 N–H and O–H groups in total. The third-order valence-electron chi connectivity index (χ3n) is 2.63. The number of nitrogens with one attached hydrogen (secondary N) is 2. The van der Waals surface area contributed by atoms with Crippen LogP contribution in [0.5, 0.6) is 0 Å². The van der Waals surface area contributed by atoms with Gasteiger partial charge < -0.3 is 9.73 Å². The lowest BCUT2D eigenvalue weighted by Crippen LogP contribution is -2.40. The Hall–Kier alpha value is -1.87. The maximum atomic E-state index is 11.6. The van der Waals surface area contributed by atoms with Gasteiger partial charge >= 0.3 is 6.03 Å². The number of benzene rings is 1. The molecule has 0 saturated carbocycles. The summed E-state index contributed by atoms with van der Waals surface area (Å²) in [6, 6.07) is 6.95. The van der Waals surface area contributed by atoms with Crippen LogP contribution in [0, 0.1) is 0 Å². The number of carbonyl (C=O) groups is 2. The van der Waals surface area contributed by atoms with Gasteiger partial charge in [-0.3, -0.25) is 10.1 Å². The van der Waals surface area contributed by atoms with Crippen LogP contribution in [0.25, 0.3) is 11.5 Å². The Morgan fingerprint density at radius 1 is 1.30 bits per heavy atom. The second-order valence-electron chi connectivity index (χ2n) is 4.45. The van der Waals surface area contributed by atoms with Crippen LogP contribution in [-0.4, -0.2) is 34.4 Å². The molecule has 0 aliphatic rings. The van der Waals surface area contributed by atoms with Crippen molar-refractivity contribution >= 4 is 39.6 Å². The lowest BCUT2D eigenvalue weighted by atomic mass is 10.2. The quantitative estimate of drug-likeness (QED) is 0.726. The highest BCUT2D eigenvalue weighted by Crippen LogP contribution is 2.28. The normalized spacial score (nSPS) is 10.3. The van der Waals surface area contributed by atoms with Crippen LogP contribution < -0.4 is 10.6 Å². The third-order valence-corrected chi connectivity index (χ3v) is 4.14. The number of hydrogen-bond donors (Lipinski definition) is 2. The van der Waals surface area contributed by atoms with Crippen molar-refractivity contribution in [1.29, 1.82) is 0 Å². The summed E-state index contributed by atoms with van der Waals surface area (Å²) in [5, 5.41) is 12.9. The van der Waals surface area contributed by atoms with Crippen LogP contribution in [0.1, 0.15) is 13.3 Å². The van der Waals surface area contributed by atoms with Crippen LogP contribution in [0.2, 0.25) is 0 Å². The average Bonchev–Trinajstić information content (AvgIpc) is 3.00. The topological polar surface area (TPSA) is 97.1 Å². The summed E-state index contributed by atoms with van der Waals surface area (Å²) in [5.41, 5.74) is 0.773. The zero-order valence-electron chi connectivity index (χ0n) is 12.3. The average molecular weight is 399 g/mol. The summed E-state index contributed by atoms with van der Waals surface area (Å²) in [5.74, 6) is -0.0535.